The maximum absolute atomic E-state index is 12.4. The van der Waals surface area contributed by atoms with Crippen molar-refractivity contribution in [2.75, 3.05) is 13.2 Å². The van der Waals surface area contributed by atoms with E-state index in [2.05, 4.69) is 67.0 Å². The summed E-state index contributed by atoms with van der Waals surface area (Å²) in [5.41, 5.74) is 0. The van der Waals surface area contributed by atoms with E-state index in [1.807, 2.05) is 6.08 Å². The molecule has 0 aromatic carbocycles. The maximum Gasteiger partial charge on any atom is 0.469 e. The molecular weight excluding hydrogens is 683 g/mol. The molecule has 1 atom stereocenters. The van der Waals surface area contributed by atoms with Gasteiger partial charge in [-0.25, -0.2) is 4.57 Å². The Morgan fingerprint density at radius 1 is 0.509 bits per heavy atom. The Bertz CT molecular complexity index is 981. The van der Waals surface area contributed by atoms with Gasteiger partial charge in [0.25, 0.3) is 0 Å². The van der Waals surface area contributed by atoms with Crippen molar-refractivity contribution in [2.45, 2.75) is 206 Å². The first-order valence-corrected chi connectivity index (χ1v) is 23.2. The molecule has 0 radical (unpaired) electrons. The predicted octanol–water partition coefficient (Wildman–Crippen LogP) is 14.1. The largest absolute Gasteiger partial charge is 0.498 e. The normalized spacial score (nSPS) is 13.1. The van der Waals surface area contributed by atoms with Crippen LogP contribution in [-0.4, -0.2) is 35.1 Å². The zero-order valence-electron chi connectivity index (χ0n) is 34.2. The summed E-state index contributed by atoms with van der Waals surface area (Å²) in [6.45, 7) is 4.06. The van der Waals surface area contributed by atoms with Crippen molar-refractivity contribution >= 4 is 13.8 Å². The lowest BCUT2D eigenvalue weighted by molar-refractivity contribution is -0.153. The summed E-state index contributed by atoms with van der Waals surface area (Å²) < 4.78 is 26.8. The van der Waals surface area contributed by atoms with Gasteiger partial charge in [-0.15, -0.1) is 0 Å². The van der Waals surface area contributed by atoms with Crippen LogP contribution in [0.3, 0.4) is 0 Å². The van der Waals surface area contributed by atoms with Crippen LogP contribution in [0, 0.1) is 0 Å². The third-order valence-corrected chi connectivity index (χ3v) is 9.62. The standard InChI is InChI=1S/C45H81O7P/c1-3-5-7-9-11-13-15-17-19-21-23-24-26-28-30-32-34-36-38-40-45(46)52-44(43-51-53(47,48)49)42-50-41-39-37-35-33-31-29-27-25-22-20-18-16-14-12-10-8-6-4-2/h11,13,17,19,23-24,28,30,39,41,44H,3-10,12,14-16,18,20-22,25-27,29,31-38,40,42-43H2,1-2H3,(H2,47,48,49)/b13-11-,19-17-,24-23-,30-28-,41-39-/t44-/m1/s1. The molecule has 0 aromatic rings. The number of phosphoric ester groups is 1. The molecule has 0 unspecified atom stereocenters. The van der Waals surface area contributed by atoms with Crippen LogP contribution in [-0.2, 0) is 23.4 Å². The number of hydrogen-bond acceptors (Lipinski definition) is 5. The summed E-state index contributed by atoms with van der Waals surface area (Å²) >= 11 is 0. The lowest BCUT2D eigenvalue weighted by atomic mass is 10.0. The molecule has 0 rings (SSSR count). The summed E-state index contributed by atoms with van der Waals surface area (Å²) in [5, 5.41) is 0. The molecule has 8 heteroatoms. The van der Waals surface area contributed by atoms with Crippen molar-refractivity contribution < 1.29 is 33.1 Å². The zero-order valence-corrected chi connectivity index (χ0v) is 35.0. The molecule has 308 valence electrons. The highest BCUT2D eigenvalue weighted by Crippen LogP contribution is 2.36. The van der Waals surface area contributed by atoms with Gasteiger partial charge in [-0.1, -0.05) is 178 Å². The molecule has 0 spiro atoms. The van der Waals surface area contributed by atoms with Crippen LogP contribution < -0.4 is 0 Å². The summed E-state index contributed by atoms with van der Waals surface area (Å²) in [7, 11) is -4.68. The monoisotopic (exact) mass is 765 g/mol. The van der Waals surface area contributed by atoms with E-state index in [9.17, 15) is 9.36 Å². The van der Waals surface area contributed by atoms with Gasteiger partial charge < -0.3 is 19.3 Å². The molecule has 0 saturated carbocycles. The Balaban J connectivity index is 3.91. The highest BCUT2D eigenvalue weighted by molar-refractivity contribution is 7.46. The number of phosphoric acid groups is 1. The summed E-state index contributed by atoms with van der Waals surface area (Å²) in [6, 6.07) is 0. The first-order valence-electron chi connectivity index (χ1n) is 21.6. The highest BCUT2D eigenvalue weighted by atomic mass is 31.2. The number of esters is 1. The fourth-order valence-corrected chi connectivity index (χ4v) is 6.28. The number of rotatable bonds is 40. The summed E-state index contributed by atoms with van der Waals surface area (Å²) in [5.74, 6) is -0.414. The molecule has 2 N–H and O–H groups in total. The van der Waals surface area contributed by atoms with E-state index in [1.165, 1.54) is 122 Å². The molecule has 0 aliphatic carbocycles. The van der Waals surface area contributed by atoms with E-state index >= 15 is 0 Å². The van der Waals surface area contributed by atoms with Crippen LogP contribution >= 0.6 is 7.82 Å². The molecule has 0 amide bonds. The maximum atomic E-state index is 12.4. The van der Waals surface area contributed by atoms with E-state index in [-0.39, 0.29) is 13.0 Å². The van der Waals surface area contributed by atoms with Crippen LogP contribution in [0.1, 0.15) is 200 Å². The minimum absolute atomic E-state index is 0.0206. The molecule has 0 aliphatic rings. The fraction of sp³-hybridized carbons (Fsp3) is 0.756. The number of hydrogen-bond donors (Lipinski definition) is 2. The quantitative estimate of drug-likeness (QED) is 0.0210. The van der Waals surface area contributed by atoms with E-state index in [1.54, 1.807) is 6.26 Å². The van der Waals surface area contributed by atoms with Crippen LogP contribution in [0.2, 0.25) is 0 Å². The van der Waals surface area contributed by atoms with Gasteiger partial charge in [0.05, 0.1) is 12.9 Å². The second kappa shape index (κ2) is 41.2. The molecule has 0 aromatic heterocycles. The molecular formula is C45H81O7P. The van der Waals surface area contributed by atoms with Crippen molar-refractivity contribution in [3.63, 3.8) is 0 Å². The smallest absolute Gasteiger partial charge is 0.469 e. The molecule has 0 heterocycles. The predicted molar refractivity (Wildman–Crippen MR) is 225 cm³/mol. The van der Waals surface area contributed by atoms with Crippen LogP contribution in [0.15, 0.2) is 60.9 Å². The highest BCUT2D eigenvalue weighted by Gasteiger charge is 2.21. The van der Waals surface area contributed by atoms with Crippen molar-refractivity contribution in [1.29, 1.82) is 0 Å². The Labute approximate surface area is 326 Å². The van der Waals surface area contributed by atoms with Crippen molar-refractivity contribution in [1.82, 2.24) is 0 Å². The average Bonchev–Trinajstić information content (AvgIpc) is 3.13. The summed E-state index contributed by atoms with van der Waals surface area (Å²) in [6.07, 6.45) is 54.5. The van der Waals surface area contributed by atoms with Gasteiger partial charge in [0.1, 0.15) is 6.61 Å². The van der Waals surface area contributed by atoms with Gasteiger partial charge >= 0.3 is 13.8 Å². The number of allylic oxidation sites excluding steroid dienone is 9. The number of carbonyl (C=O) groups excluding carboxylic acids is 1. The SMILES string of the molecule is CCCCC/C=C\C/C=C\C/C=C\C/C=C\CCCCCC(=O)O[C@H](CO/C=C\CCCCCCCCCCCCCCCCCC)COP(=O)(O)O. The van der Waals surface area contributed by atoms with Crippen LogP contribution in [0.5, 0.6) is 0 Å². The lowest BCUT2D eigenvalue weighted by Gasteiger charge is -2.18. The third-order valence-electron chi connectivity index (χ3n) is 9.13. The molecule has 0 fully saturated rings. The topological polar surface area (TPSA) is 102 Å². The molecule has 53 heavy (non-hydrogen) atoms. The molecule has 0 aliphatic heterocycles. The Kier molecular flexibility index (Phi) is 39.8. The average molecular weight is 765 g/mol. The van der Waals surface area contributed by atoms with E-state index in [0.717, 1.165) is 51.4 Å². The summed E-state index contributed by atoms with van der Waals surface area (Å²) in [4.78, 5) is 30.6. The molecule has 7 nitrogen and oxygen atoms in total. The minimum Gasteiger partial charge on any atom is -0.498 e. The number of ether oxygens (including phenoxy) is 2. The van der Waals surface area contributed by atoms with Gasteiger partial charge in [0.2, 0.25) is 0 Å². The number of unbranched alkanes of at least 4 members (excludes halogenated alkanes) is 22. The minimum atomic E-state index is -4.68. The van der Waals surface area contributed by atoms with Crippen LogP contribution in [0.25, 0.3) is 0 Å². The van der Waals surface area contributed by atoms with E-state index in [4.69, 9.17) is 19.3 Å². The van der Waals surface area contributed by atoms with Gasteiger partial charge in [0.15, 0.2) is 6.10 Å². The lowest BCUT2D eigenvalue weighted by Crippen LogP contribution is -2.27. The zero-order chi connectivity index (χ0) is 38.8. The Morgan fingerprint density at radius 3 is 1.36 bits per heavy atom. The van der Waals surface area contributed by atoms with Gasteiger partial charge in [-0.2, -0.15) is 0 Å². The second-order valence-electron chi connectivity index (χ2n) is 14.4. The van der Waals surface area contributed by atoms with Crippen LogP contribution in [0.4, 0.5) is 0 Å². The van der Waals surface area contributed by atoms with Crippen molar-refractivity contribution in [3.05, 3.63) is 60.9 Å². The first-order chi connectivity index (χ1) is 25.9. The fourth-order valence-electron chi connectivity index (χ4n) is 5.92. The first kappa shape index (κ1) is 51.1. The third kappa shape index (κ3) is 44.4. The second-order valence-corrected chi connectivity index (χ2v) is 15.6. The van der Waals surface area contributed by atoms with Gasteiger partial charge in [-0.05, 0) is 70.3 Å². The Morgan fingerprint density at radius 2 is 0.887 bits per heavy atom. The van der Waals surface area contributed by atoms with Gasteiger partial charge in [0, 0.05) is 6.42 Å². The Hall–Kier alpha value is -1.92. The van der Waals surface area contributed by atoms with Gasteiger partial charge in [-0.3, -0.25) is 9.32 Å². The molecule has 0 saturated heterocycles. The van der Waals surface area contributed by atoms with Crippen molar-refractivity contribution in [2.24, 2.45) is 0 Å². The number of carbonyl (C=O) groups is 1. The molecule has 0 bridgehead atoms. The van der Waals surface area contributed by atoms with E-state index in [0.29, 0.717) is 6.42 Å². The van der Waals surface area contributed by atoms with Crippen molar-refractivity contribution in [3.8, 4) is 0 Å². The van der Waals surface area contributed by atoms with E-state index < -0.39 is 26.5 Å².